The zero-order chi connectivity index (χ0) is 18.4. The molecule has 0 radical (unpaired) electrons. The second-order valence-electron chi connectivity index (χ2n) is 5.84. The Balaban J connectivity index is 0.00000338. The molecular formula is C18H23ClFIN4O. The van der Waals surface area contributed by atoms with Crippen molar-refractivity contribution in [1.29, 1.82) is 0 Å². The molecule has 0 unspecified atom stereocenters. The Hall–Kier alpha value is -1.58. The van der Waals surface area contributed by atoms with Crippen molar-refractivity contribution < 1.29 is 9.13 Å². The molecule has 0 aliphatic carbocycles. The van der Waals surface area contributed by atoms with Crippen molar-refractivity contribution in [3.8, 4) is 5.75 Å². The molecule has 0 aliphatic heterocycles. The highest BCUT2D eigenvalue weighted by molar-refractivity contribution is 14.0. The molecule has 0 bridgehead atoms. The number of hydrogen-bond acceptors (Lipinski definition) is 3. The number of aliphatic imine (C=N–C) groups is 1. The number of guanidine groups is 1. The molecule has 0 heterocycles. The summed E-state index contributed by atoms with van der Waals surface area (Å²) in [6, 6.07) is 10.3. The van der Waals surface area contributed by atoms with E-state index in [4.69, 9.17) is 22.1 Å². The third-order valence-corrected chi connectivity index (χ3v) is 3.76. The number of nitrogens with one attached hydrogen (secondary N) is 1. The van der Waals surface area contributed by atoms with Crippen LogP contribution in [0.1, 0.15) is 11.1 Å². The minimum absolute atomic E-state index is 0. The Morgan fingerprint density at radius 1 is 1.27 bits per heavy atom. The normalized spacial score (nSPS) is 11.2. The van der Waals surface area contributed by atoms with Gasteiger partial charge in [-0.1, -0.05) is 23.7 Å². The van der Waals surface area contributed by atoms with Crippen molar-refractivity contribution in [2.45, 2.75) is 13.1 Å². The highest BCUT2D eigenvalue weighted by atomic mass is 127. The summed E-state index contributed by atoms with van der Waals surface area (Å²) in [7, 11) is 5.35. The van der Waals surface area contributed by atoms with Crippen LogP contribution in [0.4, 0.5) is 10.1 Å². The van der Waals surface area contributed by atoms with Crippen LogP contribution in [0.3, 0.4) is 0 Å². The van der Waals surface area contributed by atoms with Crippen LogP contribution < -0.4 is 15.8 Å². The standard InChI is InChI=1S/C18H22ClFN4O.HI/c1-24(2)11-13-5-4-12(8-16(13)20)10-22-18(21)23-14-6-7-17(25-3)15(19)9-14;/h4-9H,10-11H2,1-3H3,(H3,21,22,23);1H. The van der Waals surface area contributed by atoms with E-state index in [1.165, 1.54) is 6.07 Å². The highest BCUT2D eigenvalue weighted by Crippen LogP contribution is 2.27. The molecule has 26 heavy (non-hydrogen) atoms. The summed E-state index contributed by atoms with van der Waals surface area (Å²) in [6.45, 7) is 0.833. The first kappa shape index (κ1) is 22.5. The summed E-state index contributed by atoms with van der Waals surface area (Å²) in [4.78, 5) is 6.14. The number of rotatable bonds is 6. The van der Waals surface area contributed by atoms with E-state index in [9.17, 15) is 4.39 Å². The predicted octanol–water partition coefficient (Wildman–Crippen LogP) is 4.09. The van der Waals surface area contributed by atoms with Gasteiger partial charge in [-0.15, -0.1) is 24.0 Å². The number of benzene rings is 2. The van der Waals surface area contributed by atoms with Crippen molar-refractivity contribution >= 4 is 47.2 Å². The third-order valence-electron chi connectivity index (χ3n) is 3.46. The van der Waals surface area contributed by atoms with Crippen LogP contribution >= 0.6 is 35.6 Å². The Morgan fingerprint density at radius 2 is 2.00 bits per heavy atom. The van der Waals surface area contributed by atoms with Gasteiger partial charge < -0.3 is 20.7 Å². The molecule has 0 fully saturated rings. The number of nitrogens with zero attached hydrogens (tertiary/aromatic N) is 2. The fourth-order valence-electron chi connectivity index (χ4n) is 2.27. The van der Waals surface area contributed by atoms with Gasteiger partial charge in [0.25, 0.3) is 0 Å². The first-order valence-electron chi connectivity index (χ1n) is 7.71. The van der Waals surface area contributed by atoms with Crippen molar-refractivity contribution in [3.63, 3.8) is 0 Å². The number of methoxy groups -OCH3 is 1. The lowest BCUT2D eigenvalue weighted by Crippen LogP contribution is -2.22. The lowest BCUT2D eigenvalue weighted by Gasteiger charge is -2.11. The average Bonchev–Trinajstić information content (AvgIpc) is 2.55. The van der Waals surface area contributed by atoms with Crippen LogP contribution in [0.2, 0.25) is 5.02 Å². The van der Waals surface area contributed by atoms with Gasteiger partial charge >= 0.3 is 0 Å². The largest absolute Gasteiger partial charge is 0.495 e. The van der Waals surface area contributed by atoms with Crippen LogP contribution in [-0.4, -0.2) is 32.1 Å². The van der Waals surface area contributed by atoms with Gasteiger partial charge in [0.2, 0.25) is 0 Å². The van der Waals surface area contributed by atoms with Crippen molar-refractivity contribution in [1.82, 2.24) is 4.90 Å². The topological polar surface area (TPSA) is 62.9 Å². The monoisotopic (exact) mass is 492 g/mol. The summed E-state index contributed by atoms with van der Waals surface area (Å²) in [6.07, 6.45) is 0. The maximum Gasteiger partial charge on any atom is 0.193 e. The number of ether oxygens (including phenoxy) is 1. The maximum absolute atomic E-state index is 14.0. The van der Waals surface area contributed by atoms with E-state index in [2.05, 4.69) is 10.3 Å². The van der Waals surface area contributed by atoms with E-state index in [0.717, 1.165) is 5.56 Å². The molecule has 0 aliphatic rings. The Morgan fingerprint density at radius 3 is 2.58 bits per heavy atom. The van der Waals surface area contributed by atoms with Gasteiger partial charge in [0.15, 0.2) is 5.96 Å². The fraction of sp³-hybridized carbons (Fsp3) is 0.278. The molecule has 2 rings (SSSR count). The molecule has 142 valence electrons. The van der Waals surface area contributed by atoms with Crippen LogP contribution in [0, 0.1) is 5.82 Å². The van der Waals surface area contributed by atoms with Gasteiger partial charge in [-0.3, -0.25) is 0 Å². The Bertz CT molecular complexity index is 771. The maximum atomic E-state index is 14.0. The lowest BCUT2D eigenvalue weighted by atomic mass is 10.1. The molecule has 0 aromatic heterocycles. The summed E-state index contributed by atoms with van der Waals surface area (Å²) in [5, 5.41) is 3.41. The lowest BCUT2D eigenvalue weighted by molar-refractivity contribution is 0.392. The summed E-state index contributed by atoms with van der Waals surface area (Å²) in [5.74, 6) is 0.560. The first-order valence-corrected chi connectivity index (χ1v) is 8.09. The van der Waals surface area contributed by atoms with Gasteiger partial charge in [0.05, 0.1) is 18.7 Å². The summed E-state index contributed by atoms with van der Waals surface area (Å²) >= 11 is 6.06. The third kappa shape index (κ3) is 6.62. The molecule has 0 saturated heterocycles. The Labute approximate surface area is 175 Å². The van der Waals surface area contributed by atoms with Crippen molar-refractivity contribution in [2.24, 2.45) is 10.7 Å². The van der Waals surface area contributed by atoms with E-state index >= 15 is 0 Å². The van der Waals surface area contributed by atoms with Gasteiger partial charge in [-0.05, 0) is 43.9 Å². The van der Waals surface area contributed by atoms with Crippen molar-refractivity contribution in [2.75, 3.05) is 26.5 Å². The van der Waals surface area contributed by atoms with E-state index < -0.39 is 0 Å². The van der Waals surface area contributed by atoms with E-state index in [0.29, 0.717) is 28.6 Å². The molecule has 2 aromatic carbocycles. The molecule has 8 heteroatoms. The highest BCUT2D eigenvalue weighted by Gasteiger charge is 2.05. The zero-order valence-corrected chi connectivity index (χ0v) is 18.0. The quantitative estimate of drug-likeness (QED) is 0.362. The second-order valence-corrected chi connectivity index (χ2v) is 6.25. The number of nitrogens with two attached hydrogens (primary N) is 1. The molecule has 2 aromatic rings. The molecule has 5 nitrogen and oxygen atoms in total. The summed E-state index contributed by atoms with van der Waals surface area (Å²) < 4.78 is 19.1. The molecule has 0 atom stereocenters. The molecule has 0 spiro atoms. The number of anilines is 1. The first-order chi connectivity index (χ1) is 11.9. The van der Waals surface area contributed by atoms with Crippen molar-refractivity contribution in [3.05, 3.63) is 58.4 Å². The minimum atomic E-state index is -0.241. The van der Waals surface area contributed by atoms with Crippen LogP contribution in [0.25, 0.3) is 0 Å². The summed E-state index contributed by atoms with van der Waals surface area (Å²) in [5.41, 5.74) is 7.96. The molecular weight excluding hydrogens is 470 g/mol. The molecule has 0 amide bonds. The predicted molar refractivity (Wildman–Crippen MR) is 116 cm³/mol. The van der Waals surface area contributed by atoms with Gasteiger partial charge in [-0.2, -0.15) is 0 Å². The number of hydrogen-bond donors (Lipinski definition) is 2. The van der Waals surface area contributed by atoms with Crippen LogP contribution in [0.5, 0.6) is 5.75 Å². The van der Waals surface area contributed by atoms with Crippen LogP contribution in [-0.2, 0) is 13.1 Å². The zero-order valence-electron chi connectivity index (χ0n) is 14.9. The van der Waals surface area contributed by atoms with E-state index in [-0.39, 0.29) is 42.3 Å². The Kier molecular flexibility index (Phi) is 9.11. The van der Waals surface area contributed by atoms with Gasteiger partial charge in [0.1, 0.15) is 11.6 Å². The van der Waals surface area contributed by atoms with Gasteiger partial charge in [0, 0.05) is 17.8 Å². The van der Waals surface area contributed by atoms with E-state index in [1.807, 2.05) is 25.1 Å². The molecule has 0 saturated carbocycles. The van der Waals surface area contributed by atoms with E-state index in [1.54, 1.807) is 31.4 Å². The van der Waals surface area contributed by atoms with Crippen LogP contribution in [0.15, 0.2) is 41.4 Å². The second kappa shape index (κ2) is 10.5. The average molecular weight is 493 g/mol. The minimum Gasteiger partial charge on any atom is -0.495 e. The number of halogens is 3. The smallest absolute Gasteiger partial charge is 0.193 e. The molecule has 3 N–H and O–H groups in total. The fourth-order valence-corrected chi connectivity index (χ4v) is 2.52. The SMILES string of the molecule is COc1ccc(NC(N)=NCc2ccc(CN(C)C)c(F)c2)cc1Cl.I. The van der Waals surface area contributed by atoms with Gasteiger partial charge in [-0.25, -0.2) is 9.38 Å².